The molecule has 1 aliphatic heterocycles. The lowest BCUT2D eigenvalue weighted by Crippen LogP contribution is -2.36. The third kappa shape index (κ3) is 3.11. The van der Waals surface area contributed by atoms with Gasteiger partial charge in [0.1, 0.15) is 5.41 Å². The summed E-state index contributed by atoms with van der Waals surface area (Å²) in [5.41, 5.74) is -0.780. The predicted octanol–water partition coefficient (Wildman–Crippen LogP) is 1.94. The van der Waals surface area contributed by atoms with E-state index in [1.54, 1.807) is 4.90 Å². The normalized spacial score (nSPS) is 16.6. The molecular weight excluding hydrogens is 260 g/mol. The van der Waals surface area contributed by atoms with Crippen LogP contribution in [0.5, 0.6) is 0 Å². The highest BCUT2D eigenvalue weighted by atomic mass is 16.7. The zero-order valence-corrected chi connectivity index (χ0v) is 12.8. The largest absolute Gasteiger partial charge is 0.477 e. The van der Waals surface area contributed by atoms with Gasteiger partial charge in [-0.1, -0.05) is 13.8 Å². The second kappa shape index (κ2) is 7.26. The quantitative estimate of drug-likeness (QED) is 0.670. The monoisotopic (exact) mass is 284 g/mol. The maximum Gasteiger partial charge on any atom is 0.350 e. The smallest absolute Gasteiger partial charge is 0.350 e. The number of carbonyl (C=O) groups is 2. The Morgan fingerprint density at radius 1 is 1.25 bits per heavy atom. The van der Waals surface area contributed by atoms with Gasteiger partial charge in [-0.15, -0.1) is 0 Å². The van der Waals surface area contributed by atoms with Crippen LogP contribution >= 0.6 is 0 Å². The third-order valence-corrected chi connectivity index (χ3v) is 3.89. The Hall–Kier alpha value is -1.59. The fourth-order valence-electron chi connectivity index (χ4n) is 2.32. The Kier molecular flexibility index (Phi) is 5.98. The van der Waals surface area contributed by atoms with Gasteiger partial charge >= 0.3 is 5.97 Å². The van der Waals surface area contributed by atoms with Crippen molar-refractivity contribution in [2.45, 2.75) is 47.0 Å². The minimum Gasteiger partial charge on any atom is -0.477 e. The van der Waals surface area contributed by atoms with Gasteiger partial charge in [0.25, 0.3) is 0 Å². The fourth-order valence-corrected chi connectivity index (χ4v) is 2.32. The van der Waals surface area contributed by atoms with Gasteiger partial charge in [-0.05, 0) is 31.8 Å². The SMILES string of the molecule is CCN(CC)C(=O)CCOC1=NOC(=O)C1(CC)CC. The van der Waals surface area contributed by atoms with Gasteiger partial charge < -0.3 is 14.5 Å². The second-order valence-electron chi connectivity index (χ2n) is 4.73. The lowest BCUT2D eigenvalue weighted by atomic mass is 9.82. The second-order valence-corrected chi connectivity index (χ2v) is 4.73. The molecule has 1 rings (SSSR count). The highest BCUT2D eigenvalue weighted by Crippen LogP contribution is 2.35. The van der Waals surface area contributed by atoms with Gasteiger partial charge in [0.15, 0.2) is 0 Å². The van der Waals surface area contributed by atoms with E-state index in [1.165, 1.54) is 0 Å². The van der Waals surface area contributed by atoms with Crippen LogP contribution < -0.4 is 0 Å². The van der Waals surface area contributed by atoms with Gasteiger partial charge in [0.2, 0.25) is 11.8 Å². The van der Waals surface area contributed by atoms with Crippen molar-refractivity contribution in [2.24, 2.45) is 10.6 Å². The number of hydrogen-bond acceptors (Lipinski definition) is 5. The van der Waals surface area contributed by atoms with Gasteiger partial charge in [-0.3, -0.25) is 4.79 Å². The standard InChI is InChI=1S/C14H24N2O4/c1-5-14(6-2)12(15-20-13(14)18)19-10-9-11(17)16(7-3)8-4/h5-10H2,1-4H3. The summed E-state index contributed by atoms with van der Waals surface area (Å²) in [6.45, 7) is 9.26. The Balaban J connectivity index is 2.54. The van der Waals surface area contributed by atoms with Crippen LogP contribution in [0.4, 0.5) is 0 Å². The molecule has 0 unspecified atom stereocenters. The molecule has 0 saturated heterocycles. The number of nitrogens with zero attached hydrogens (tertiary/aromatic N) is 2. The molecule has 0 bridgehead atoms. The van der Waals surface area contributed by atoms with Crippen LogP contribution in [-0.2, 0) is 19.2 Å². The summed E-state index contributed by atoms with van der Waals surface area (Å²) in [6.07, 6.45) is 1.43. The van der Waals surface area contributed by atoms with Crippen LogP contribution in [0.1, 0.15) is 47.0 Å². The van der Waals surface area contributed by atoms with E-state index in [0.29, 0.717) is 31.8 Å². The molecule has 0 N–H and O–H groups in total. The number of carbonyl (C=O) groups excluding carboxylic acids is 2. The van der Waals surface area contributed by atoms with Crippen molar-refractivity contribution in [1.82, 2.24) is 4.90 Å². The topological polar surface area (TPSA) is 68.2 Å². The van der Waals surface area contributed by atoms with Crippen LogP contribution in [0.3, 0.4) is 0 Å². The lowest BCUT2D eigenvalue weighted by molar-refractivity contribution is -0.148. The number of amides is 1. The van der Waals surface area contributed by atoms with E-state index in [4.69, 9.17) is 9.57 Å². The first-order chi connectivity index (χ1) is 9.55. The molecule has 0 aromatic heterocycles. The van der Waals surface area contributed by atoms with Crippen molar-refractivity contribution < 1.29 is 19.2 Å². The van der Waals surface area contributed by atoms with Crippen LogP contribution in [0.15, 0.2) is 5.16 Å². The predicted molar refractivity (Wildman–Crippen MR) is 75.0 cm³/mol. The van der Waals surface area contributed by atoms with E-state index in [9.17, 15) is 9.59 Å². The number of oxime groups is 1. The van der Waals surface area contributed by atoms with Gasteiger partial charge in [-0.25, -0.2) is 4.79 Å². The zero-order chi connectivity index (χ0) is 15.2. The fraction of sp³-hybridized carbons (Fsp3) is 0.786. The first-order valence-corrected chi connectivity index (χ1v) is 7.26. The molecule has 1 amide bonds. The summed E-state index contributed by atoms with van der Waals surface area (Å²) in [5, 5.41) is 3.71. The highest BCUT2D eigenvalue weighted by Gasteiger charge is 2.49. The molecule has 6 nitrogen and oxygen atoms in total. The molecule has 0 spiro atoms. The van der Waals surface area contributed by atoms with Crippen LogP contribution in [0.2, 0.25) is 0 Å². The molecule has 114 valence electrons. The van der Waals surface area contributed by atoms with E-state index in [1.807, 2.05) is 27.7 Å². The average molecular weight is 284 g/mol. The summed E-state index contributed by atoms with van der Waals surface area (Å²) >= 11 is 0. The molecule has 0 aromatic carbocycles. The van der Waals surface area contributed by atoms with Gasteiger partial charge in [0.05, 0.1) is 13.0 Å². The molecule has 6 heteroatoms. The number of ether oxygens (including phenoxy) is 1. The average Bonchev–Trinajstić information content (AvgIpc) is 2.77. The van der Waals surface area contributed by atoms with Gasteiger partial charge in [-0.2, -0.15) is 0 Å². The molecule has 0 saturated carbocycles. The Labute approximate surface area is 120 Å². The van der Waals surface area contributed by atoms with Crippen LogP contribution in [0, 0.1) is 5.41 Å². The van der Waals surface area contributed by atoms with Crippen LogP contribution in [0.25, 0.3) is 0 Å². The zero-order valence-electron chi connectivity index (χ0n) is 12.8. The summed E-state index contributed by atoms with van der Waals surface area (Å²) in [5.74, 6) is -0.0214. The van der Waals surface area contributed by atoms with Crippen molar-refractivity contribution in [3.63, 3.8) is 0 Å². The first kappa shape index (κ1) is 16.5. The van der Waals surface area contributed by atoms with E-state index < -0.39 is 5.41 Å². The van der Waals surface area contributed by atoms with E-state index in [2.05, 4.69) is 5.16 Å². The number of hydrogen-bond donors (Lipinski definition) is 0. The van der Waals surface area contributed by atoms with Crippen molar-refractivity contribution in [3.8, 4) is 0 Å². The van der Waals surface area contributed by atoms with E-state index in [0.717, 1.165) is 0 Å². The molecule has 1 aliphatic rings. The summed E-state index contributed by atoms with van der Waals surface area (Å²) in [4.78, 5) is 30.1. The summed E-state index contributed by atoms with van der Waals surface area (Å²) in [7, 11) is 0. The Bertz CT molecular complexity index is 385. The number of rotatable bonds is 7. The summed E-state index contributed by atoms with van der Waals surface area (Å²) in [6, 6.07) is 0. The molecule has 0 fully saturated rings. The van der Waals surface area contributed by atoms with Gasteiger partial charge in [0, 0.05) is 13.1 Å². The molecule has 0 aromatic rings. The Morgan fingerprint density at radius 3 is 2.35 bits per heavy atom. The van der Waals surface area contributed by atoms with Crippen molar-refractivity contribution in [1.29, 1.82) is 0 Å². The molecule has 0 aliphatic carbocycles. The Morgan fingerprint density at radius 2 is 1.85 bits per heavy atom. The third-order valence-electron chi connectivity index (χ3n) is 3.89. The first-order valence-electron chi connectivity index (χ1n) is 7.26. The lowest BCUT2D eigenvalue weighted by Gasteiger charge is -2.23. The maximum absolute atomic E-state index is 11.9. The minimum absolute atomic E-state index is 0.0411. The van der Waals surface area contributed by atoms with E-state index >= 15 is 0 Å². The maximum atomic E-state index is 11.9. The van der Waals surface area contributed by atoms with Crippen LogP contribution in [-0.4, -0.2) is 42.4 Å². The van der Waals surface area contributed by atoms with Crippen molar-refractivity contribution >= 4 is 17.8 Å². The van der Waals surface area contributed by atoms with Crippen molar-refractivity contribution in [3.05, 3.63) is 0 Å². The highest BCUT2D eigenvalue weighted by molar-refractivity contribution is 6.05. The summed E-state index contributed by atoms with van der Waals surface area (Å²) < 4.78 is 5.54. The van der Waals surface area contributed by atoms with Crippen molar-refractivity contribution in [2.75, 3.05) is 19.7 Å². The molecular formula is C14H24N2O4. The van der Waals surface area contributed by atoms with E-state index in [-0.39, 0.29) is 24.9 Å². The molecule has 20 heavy (non-hydrogen) atoms. The molecule has 0 atom stereocenters. The minimum atomic E-state index is -0.780. The molecule has 1 heterocycles. The molecule has 0 radical (unpaired) electrons.